The Bertz CT molecular complexity index is 840. The Labute approximate surface area is 141 Å². The van der Waals surface area contributed by atoms with Crippen molar-refractivity contribution in [2.45, 2.75) is 19.3 Å². The lowest BCUT2D eigenvalue weighted by molar-refractivity contribution is -0.393. The second kappa shape index (κ2) is 6.80. The van der Waals surface area contributed by atoms with Crippen molar-refractivity contribution in [1.29, 1.82) is 0 Å². The van der Waals surface area contributed by atoms with Crippen molar-refractivity contribution in [1.82, 2.24) is 0 Å². The SMILES string of the molecule is CC(C)(CNc1ccc([N+](=O)[O-])cc1[N+](=O)[O-])c1ccc(F)cc1F. The van der Waals surface area contributed by atoms with Crippen molar-refractivity contribution in [3.8, 4) is 0 Å². The minimum absolute atomic E-state index is 0.0752. The van der Waals surface area contributed by atoms with E-state index in [2.05, 4.69) is 5.32 Å². The van der Waals surface area contributed by atoms with E-state index in [4.69, 9.17) is 0 Å². The summed E-state index contributed by atoms with van der Waals surface area (Å²) in [6.45, 7) is 3.47. The molecule has 0 saturated heterocycles. The fourth-order valence-corrected chi connectivity index (χ4v) is 2.38. The maximum Gasteiger partial charge on any atom is 0.299 e. The van der Waals surface area contributed by atoms with Gasteiger partial charge in [0.1, 0.15) is 17.3 Å². The summed E-state index contributed by atoms with van der Waals surface area (Å²) in [6, 6.07) is 6.44. The number of anilines is 1. The van der Waals surface area contributed by atoms with Crippen LogP contribution in [0.5, 0.6) is 0 Å². The molecular weight excluding hydrogens is 336 g/mol. The minimum Gasteiger partial charge on any atom is -0.379 e. The maximum absolute atomic E-state index is 14.0. The molecule has 0 radical (unpaired) electrons. The third kappa shape index (κ3) is 4.06. The molecule has 0 spiro atoms. The predicted molar refractivity (Wildman–Crippen MR) is 87.6 cm³/mol. The Morgan fingerprint density at radius 3 is 2.28 bits per heavy atom. The molecule has 0 aliphatic rings. The van der Waals surface area contributed by atoms with E-state index in [0.717, 1.165) is 24.3 Å². The smallest absolute Gasteiger partial charge is 0.299 e. The molecule has 0 aliphatic heterocycles. The minimum atomic E-state index is -0.812. The van der Waals surface area contributed by atoms with Gasteiger partial charge in [0.25, 0.3) is 11.4 Å². The molecule has 0 aliphatic carbocycles. The molecule has 0 bridgehead atoms. The average Bonchev–Trinajstić information content (AvgIpc) is 2.52. The monoisotopic (exact) mass is 351 g/mol. The van der Waals surface area contributed by atoms with Gasteiger partial charge in [0.05, 0.1) is 15.9 Å². The van der Waals surface area contributed by atoms with Gasteiger partial charge in [-0.05, 0) is 17.7 Å². The molecule has 2 aromatic carbocycles. The standard InChI is InChI=1S/C16H15F2N3O4/c1-16(2,12-5-3-10(17)7-13(12)18)9-19-14-6-4-11(20(22)23)8-15(14)21(24)25/h3-8,19H,9H2,1-2H3. The lowest BCUT2D eigenvalue weighted by Crippen LogP contribution is -2.29. The Morgan fingerprint density at radius 2 is 1.72 bits per heavy atom. The van der Waals surface area contributed by atoms with Crippen molar-refractivity contribution in [3.05, 3.63) is 73.8 Å². The van der Waals surface area contributed by atoms with E-state index in [9.17, 15) is 29.0 Å². The summed E-state index contributed by atoms with van der Waals surface area (Å²) in [7, 11) is 0. The maximum atomic E-state index is 14.0. The van der Waals surface area contributed by atoms with E-state index >= 15 is 0 Å². The van der Waals surface area contributed by atoms with Crippen LogP contribution in [0.3, 0.4) is 0 Å². The first-order valence-corrected chi connectivity index (χ1v) is 7.24. The van der Waals surface area contributed by atoms with Gasteiger partial charge < -0.3 is 5.32 Å². The van der Waals surface area contributed by atoms with E-state index in [-0.39, 0.29) is 17.8 Å². The molecule has 0 amide bonds. The summed E-state index contributed by atoms with van der Waals surface area (Å²) in [5.74, 6) is -1.42. The highest BCUT2D eigenvalue weighted by Gasteiger charge is 2.26. The third-order valence-corrected chi connectivity index (χ3v) is 3.77. The van der Waals surface area contributed by atoms with E-state index in [1.54, 1.807) is 13.8 Å². The highest BCUT2D eigenvalue weighted by Crippen LogP contribution is 2.31. The zero-order valence-electron chi connectivity index (χ0n) is 13.5. The van der Waals surface area contributed by atoms with E-state index < -0.39 is 38.3 Å². The number of non-ortho nitro benzene ring substituents is 1. The normalized spacial score (nSPS) is 11.2. The average molecular weight is 351 g/mol. The van der Waals surface area contributed by atoms with Crippen LogP contribution in [-0.2, 0) is 5.41 Å². The van der Waals surface area contributed by atoms with Crippen molar-refractivity contribution >= 4 is 17.1 Å². The molecule has 9 heteroatoms. The first-order chi connectivity index (χ1) is 11.6. The van der Waals surface area contributed by atoms with Crippen LogP contribution in [-0.4, -0.2) is 16.4 Å². The number of nitro groups is 2. The van der Waals surface area contributed by atoms with Gasteiger partial charge in [-0.3, -0.25) is 20.2 Å². The molecule has 0 atom stereocenters. The predicted octanol–water partition coefficient (Wildman–Crippen LogP) is 4.17. The van der Waals surface area contributed by atoms with Crippen LogP contribution in [0.2, 0.25) is 0 Å². The highest BCUT2D eigenvalue weighted by atomic mass is 19.1. The van der Waals surface area contributed by atoms with Crippen molar-refractivity contribution in [2.24, 2.45) is 0 Å². The number of rotatable bonds is 6. The summed E-state index contributed by atoms with van der Waals surface area (Å²) < 4.78 is 27.0. The number of nitro benzene ring substituents is 2. The number of nitrogens with zero attached hydrogens (tertiary/aromatic N) is 2. The van der Waals surface area contributed by atoms with Crippen LogP contribution in [0.15, 0.2) is 36.4 Å². The molecule has 25 heavy (non-hydrogen) atoms. The molecular formula is C16H15F2N3O4. The summed E-state index contributed by atoms with van der Waals surface area (Å²) in [5, 5.41) is 24.7. The first kappa shape index (κ1) is 18.2. The van der Waals surface area contributed by atoms with Gasteiger partial charge in [0, 0.05) is 24.1 Å². The van der Waals surface area contributed by atoms with Gasteiger partial charge >= 0.3 is 0 Å². The van der Waals surface area contributed by atoms with Crippen molar-refractivity contribution in [3.63, 3.8) is 0 Å². The van der Waals surface area contributed by atoms with Gasteiger partial charge in [-0.1, -0.05) is 19.9 Å². The molecule has 0 aromatic heterocycles. The summed E-state index contributed by atoms with van der Waals surface area (Å²) in [5.41, 5.74) is -1.35. The van der Waals surface area contributed by atoms with Crippen LogP contribution < -0.4 is 5.32 Å². The molecule has 132 valence electrons. The van der Waals surface area contributed by atoms with Gasteiger partial charge in [0.2, 0.25) is 0 Å². The van der Waals surface area contributed by atoms with Crippen molar-refractivity contribution < 1.29 is 18.6 Å². The molecule has 1 N–H and O–H groups in total. The first-order valence-electron chi connectivity index (χ1n) is 7.24. The zero-order valence-corrected chi connectivity index (χ0v) is 13.5. The number of halogens is 2. The molecule has 2 rings (SSSR count). The van der Waals surface area contributed by atoms with E-state index in [0.29, 0.717) is 0 Å². The second-order valence-corrected chi connectivity index (χ2v) is 6.08. The zero-order chi connectivity index (χ0) is 18.8. The topological polar surface area (TPSA) is 98.3 Å². The molecule has 0 saturated carbocycles. The summed E-state index contributed by atoms with van der Waals surface area (Å²) >= 11 is 0. The fraction of sp³-hybridized carbons (Fsp3) is 0.250. The number of benzene rings is 2. The van der Waals surface area contributed by atoms with Crippen LogP contribution in [0.4, 0.5) is 25.8 Å². The van der Waals surface area contributed by atoms with Crippen molar-refractivity contribution in [2.75, 3.05) is 11.9 Å². The van der Waals surface area contributed by atoms with Gasteiger partial charge in [-0.2, -0.15) is 0 Å². The van der Waals surface area contributed by atoms with Crippen LogP contribution in [0.25, 0.3) is 0 Å². The summed E-state index contributed by atoms with van der Waals surface area (Å²) in [6.07, 6.45) is 0. The Balaban J connectivity index is 2.28. The Morgan fingerprint density at radius 1 is 1.04 bits per heavy atom. The Kier molecular flexibility index (Phi) is 4.96. The van der Waals surface area contributed by atoms with Gasteiger partial charge in [-0.25, -0.2) is 8.78 Å². The molecule has 0 heterocycles. The Hall–Kier alpha value is -3.10. The quantitative estimate of drug-likeness (QED) is 0.622. The van der Waals surface area contributed by atoms with E-state index in [1.807, 2.05) is 0 Å². The van der Waals surface area contributed by atoms with Gasteiger partial charge in [-0.15, -0.1) is 0 Å². The largest absolute Gasteiger partial charge is 0.379 e. The summed E-state index contributed by atoms with van der Waals surface area (Å²) in [4.78, 5) is 20.4. The molecule has 0 unspecified atom stereocenters. The third-order valence-electron chi connectivity index (χ3n) is 3.77. The number of nitrogens with one attached hydrogen (secondary N) is 1. The van der Waals surface area contributed by atoms with E-state index in [1.165, 1.54) is 12.1 Å². The molecule has 2 aromatic rings. The number of hydrogen-bond donors (Lipinski definition) is 1. The lowest BCUT2D eigenvalue weighted by atomic mass is 9.84. The number of hydrogen-bond acceptors (Lipinski definition) is 5. The van der Waals surface area contributed by atoms with Gasteiger partial charge in [0.15, 0.2) is 0 Å². The highest BCUT2D eigenvalue weighted by molar-refractivity contribution is 5.65. The van der Waals surface area contributed by atoms with Crippen LogP contribution in [0, 0.1) is 31.9 Å². The second-order valence-electron chi connectivity index (χ2n) is 6.08. The fourth-order valence-electron chi connectivity index (χ4n) is 2.38. The molecule has 7 nitrogen and oxygen atoms in total. The lowest BCUT2D eigenvalue weighted by Gasteiger charge is -2.26. The van der Waals surface area contributed by atoms with Crippen LogP contribution >= 0.6 is 0 Å². The molecule has 0 fully saturated rings. The van der Waals surface area contributed by atoms with Crippen LogP contribution in [0.1, 0.15) is 19.4 Å².